The molecule has 1 aromatic rings. The fourth-order valence-electron chi connectivity index (χ4n) is 1.35. The van der Waals surface area contributed by atoms with Gasteiger partial charge in [-0.25, -0.2) is 18.2 Å². The minimum Gasteiger partial charge on any atom is -0.272 e. The van der Waals surface area contributed by atoms with Gasteiger partial charge < -0.3 is 0 Å². The predicted molar refractivity (Wildman–Crippen MR) is 51.9 cm³/mol. The number of halogens is 3. The van der Waals surface area contributed by atoms with Crippen molar-refractivity contribution in [1.29, 1.82) is 0 Å². The Balaban J connectivity index is 2.28. The molecule has 0 fully saturated rings. The molecule has 3 nitrogen and oxygen atoms in total. The molecule has 0 radical (unpaired) electrons. The van der Waals surface area contributed by atoms with Gasteiger partial charge in [0.25, 0.3) is 12.3 Å². The van der Waals surface area contributed by atoms with Crippen LogP contribution in [-0.4, -0.2) is 18.0 Å². The van der Waals surface area contributed by atoms with Gasteiger partial charge in [0.1, 0.15) is 11.5 Å². The average Bonchev–Trinajstić information content (AvgIpc) is 2.62. The number of carbonyl (C=O) groups excluding carboxylic acids is 1. The second-order valence-electron chi connectivity index (χ2n) is 3.25. The Morgan fingerprint density at radius 2 is 1.88 bits per heavy atom. The first-order valence-corrected chi connectivity index (χ1v) is 4.52. The van der Waals surface area contributed by atoms with Gasteiger partial charge in [0, 0.05) is 0 Å². The summed E-state index contributed by atoms with van der Waals surface area (Å²) in [7, 11) is 0. The van der Waals surface area contributed by atoms with Crippen LogP contribution in [0, 0.1) is 5.82 Å². The van der Waals surface area contributed by atoms with Crippen LogP contribution in [-0.2, 0) is 4.79 Å². The van der Waals surface area contributed by atoms with E-state index in [1.807, 2.05) is 0 Å². The first kappa shape index (κ1) is 10.7. The maximum atomic E-state index is 12.6. The Kier molecular flexibility index (Phi) is 2.64. The minimum absolute atomic E-state index is 0.280. The summed E-state index contributed by atoms with van der Waals surface area (Å²) in [4.78, 5) is 11.4. The fraction of sp³-hybridized carbons (Fsp3) is 0.200. The summed E-state index contributed by atoms with van der Waals surface area (Å²) in [6.45, 7) is 0. The van der Waals surface area contributed by atoms with Crippen LogP contribution in [0.3, 0.4) is 0 Å². The summed E-state index contributed by atoms with van der Waals surface area (Å²) < 4.78 is 37.2. The third-order valence-electron chi connectivity index (χ3n) is 2.12. The van der Waals surface area contributed by atoms with E-state index in [9.17, 15) is 18.0 Å². The van der Waals surface area contributed by atoms with Gasteiger partial charge >= 0.3 is 0 Å². The van der Waals surface area contributed by atoms with E-state index >= 15 is 0 Å². The van der Waals surface area contributed by atoms with Gasteiger partial charge in [0.05, 0.1) is 12.1 Å². The molecular weight excluding hydrogens is 221 g/mol. The quantitative estimate of drug-likeness (QED) is 0.763. The number of rotatable bonds is 2. The number of nitrogens with zero attached hydrogens (tertiary/aromatic N) is 2. The Labute approximate surface area is 89.2 Å². The summed E-state index contributed by atoms with van der Waals surface area (Å²) in [5, 5.41) is 4.36. The topological polar surface area (TPSA) is 32.7 Å². The SMILES string of the molecule is O=C1CC(C(F)F)=NN1c1ccc(F)cc1. The summed E-state index contributed by atoms with van der Waals surface area (Å²) in [6, 6.07) is 4.90. The third-order valence-corrected chi connectivity index (χ3v) is 2.12. The van der Waals surface area contributed by atoms with Crippen LogP contribution in [0.2, 0.25) is 0 Å². The molecule has 84 valence electrons. The molecule has 1 aromatic carbocycles. The highest BCUT2D eigenvalue weighted by atomic mass is 19.3. The molecule has 1 amide bonds. The Morgan fingerprint density at radius 3 is 2.38 bits per heavy atom. The number of hydrazone groups is 1. The van der Waals surface area contributed by atoms with Crippen LogP contribution >= 0.6 is 0 Å². The third kappa shape index (κ3) is 1.91. The molecule has 0 aromatic heterocycles. The monoisotopic (exact) mass is 228 g/mol. The first-order valence-electron chi connectivity index (χ1n) is 4.52. The van der Waals surface area contributed by atoms with Crippen molar-refractivity contribution in [3.63, 3.8) is 0 Å². The molecule has 0 spiro atoms. The Bertz CT molecular complexity index is 442. The van der Waals surface area contributed by atoms with Gasteiger partial charge in [-0.15, -0.1) is 0 Å². The maximum absolute atomic E-state index is 12.6. The number of carbonyl (C=O) groups is 1. The lowest BCUT2D eigenvalue weighted by Gasteiger charge is -2.10. The van der Waals surface area contributed by atoms with E-state index in [0.29, 0.717) is 0 Å². The summed E-state index contributed by atoms with van der Waals surface area (Å²) >= 11 is 0. The van der Waals surface area contributed by atoms with E-state index in [4.69, 9.17) is 0 Å². The molecule has 0 atom stereocenters. The zero-order chi connectivity index (χ0) is 11.7. The Hall–Kier alpha value is -1.85. The molecule has 0 N–H and O–H groups in total. The number of anilines is 1. The number of hydrogen-bond donors (Lipinski definition) is 0. The summed E-state index contributed by atoms with van der Waals surface area (Å²) in [6.07, 6.45) is -3.14. The molecule has 1 aliphatic rings. The van der Waals surface area contributed by atoms with Gasteiger partial charge in [0.15, 0.2) is 0 Å². The number of hydrogen-bond acceptors (Lipinski definition) is 2. The van der Waals surface area contributed by atoms with E-state index in [1.165, 1.54) is 12.1 Å². The van der Waals surface area contributed by atoms with Crippen molar-refractivity contribution in [3.8, 4) is 0 Å². The second kappa shape index (κ2) is 3.96. The highest BCUT2D eigenvalue weighted by Crippen LogP contribution is 2.22. The van der Waals surface area contributed by atoms with E-state index in [2.05, 4.69) is 5.10 Å². The van der Waals surface area contributed by atoms with Gasteiger partial charge in [-0.3, -0.25) is 4.79 Å². The molecule has 0 bridgehead atoms. The zero-order valence-electron chi connectivity index (χ0n) is 8.03. The van der Waals surface area contributed by atoms with Crippen LogP contribution in [0.5, 0.6) is 0 Å². The van der Waals surface area contributed by atoms with Crippen molar-refractivity contribution in [2.24, 2.45) is 5.10 Å². The molecule has 2 rings (SSSR count). The minimum atomic E-state index is -2.74. The first-order chi connectivity index (χ1) is 7.58. The Morgan fingerprint density at radius 1 is 1.25 bits per heavy atom. The highest BCUT2D eigenvalue weighted by Gasteiger charge is 2.29. The molecule has 1 heterocycles. The molecule has 0 saturated carbocycles. The van der Waals surface area contributed by atoms with Crippen LogP contribution in [0.4, 0.5) is 18.9 Å². The number of benzene rings is 1. The van der Waals surface area contributed by atoms with Crippen LogP contribution in [0.25, 0.3) is 0 Å². The lowest BCUT2D eigenvalue weighted by atomic mass is 10.2. The van der Waals surface area contributed by atoms with Crippen molar-refractivity contribution in [1.82, 2.24) is 0 Å². The van der Waals surface area contributed by atoms with E-state index < -0.39 is 30.3 Å². The van der Waals surface area contributed by atoms with Crippen molar-refractivity contribution >= 4 is 17.3 Å². The van der Waals surface area contributed by atoms with Crippen LogP contribution in [0.15, 0.2) is 29.4 Å². The van der Waals surface area contributed by atoms with Crippen molar-refractivity contribution in [2.45, 2.75) is 12.8 Å². The number of amides is 1. The van der Waals surface area contributed by atoms with Crippen LogP contribution < -0.4 is 5.01 Å². The smallest absolute Gasteiger partial charge is 0.272 e. The molecule has 16 heavy (non-hydrogen) atoms. The number of alkyl halides is 2. The largest absolute Gasteiger partial charge is 0.278 e. The van der Waals surface area contributed by atoms with E-state index in [1.54, 1.807) is 0 Å². The molecule has 0 saturated heterocycles. The zero-order valence-corrected chi connectivity index (χ0v) is 8.03. The average molecular weight is 228 g/mol. The van der Waals surface area contributed by atoms with Crippen molar-refractivity contribution < 1.29 is 18.0 Å². The van der Waals surface area contributed by atoms with Crippen molar-refractivity contribution in [2.75, 3.05) is 5.01 Å². The summed E-state index contributed by atoms with van der Waals surface area (Å²) in [5.41, 5.74) is -0.184. The highest BCUT2D eigenvalue weighted by molar-refractivity contribution is 6.13. The van der Waals surface area contributed by atoms with Gasteiger partial charge in [0.2, 0.25) is 0 Å². The standard InChI is InChI=1S/C10H7F3N2O/c11-6-1-3-7(4-2-6)15-9(16)5-8(14-15)10(12)13/h1-4,10H,5H2. The van der Waals surface area contributed by atoms with E-state index in [-0.39, 0.29) is 5.69 Å². The second-order valence-corrected chi connectivity index (χ2v) is 3.25. The summed E-state index contributed by atoms with van der Waals surface area (Å²) in [5.74, 6) is -1.00. The molecule has 0 aliphatic carbocycles. The predicted octanol–water partition coefficient (Wildman–Crippen LogP) is 2.18. The molecule has 0 unspecified atom stereocenters. The normalized spacial score (nSPS) is 15.9. The molecule has 6 heteroatoms. The van der Waals surface area contributed by atoms with Gasteiger partial charge in [-0.2, -0.15) is 5.10 Å². The lowest BCUT2D eigenvalue weighted by molar-refractivity contribution is -0.117. The fourth-order valence-corrected chi connectivity index (χ4v) is 1.35. The molecular formula is C10H7F3N2O. The van der Waals surface area contributed by atoms with Gasteiger partial charge in [-0.1, -0.05) is 0 Å². The van der Waals surface area contributed by atoms with Crippen molar-refractivity contribution in [3.05, 3.63) is 30.1 Å². The molecule has 1 aliphatic heterocycles. The lowest BCUT2D eigenvalue weighted by Crippen LogP contribution is -2.19. The van der Waals surface area contributed by atoms with Crippen LogP contribution in [0.1, 0.15) is 6.42 Å². The van der Waals surface area contributed by atoms with E-state index in [0.717, 1.165) is 17.1 Å². The van der Waals surface area contributed by atoms with Gasteiger partial charge in [-0.05, 0) is 24.3 Å². The maximum Gasteiger partial charge on any atom is 0.278 e.